The number of piperidine rings is 1. The number of nitrogens with zero attached hydrogens (tertiary/aromatic N) is 1. The first-order valence-corrected chi connectivity index (χ1v) is 6.35. The zero-order valence-electron chi connectivity index (χ0n) is 10.8. The van der Waals surface area contributed by atoms with E-state index < -0.39 is 0 Å². The van der Waals surface area contributed by atoms with E-state index in [1.165, 1.54) is 5.56 Å². The number of carbonyl (C=O) groups is 1. The highest BCUT2D eigenvalue weighted by molar-refractivity contribution is 5.77. The predicted octanol–water partition coefficient (Wildman–Crippen LogP) is 1.19. The molecule has 0 aromatic heterocycles. The summed E-state index contributed by atoms with van der Waals surface area (Å²) < 4.78 is 5.11. The normalized spacial score (nSPS) is 20.0. The summed E-state index contributed by atoms with van der Waals surface area (Å²) in [5, 5.41) is 0. The van der Waals surface area contributed by atoms with Crippen molar-refractivity contribution in [2.24, 2.45) is 5.73 Å². The Morgan fingerprint density at radius 3 is 2.78 bits per heavy atom. The average Bonchev–Trinajstić information content (AvgIpc) is 2.40. The summed E-state index contributed by atoms with van der Waals surface area (Å²) in [6.45, 7) is 1.44. The molecule has 18 heavy (non-hydrogen) atoms. The fraction of sp³-hybridized carbons (Fsp3) is 0.500. The number of hydrogen-bond donors (Lipinski definition) is 1. The summed E-state index contributed by atoms with van der Waals surface area (Å²) in [4.78, 5) is 13.6. The van der Waals surface area contributed by atoms with Crippen molar-refractivity contribution in [3.8, 4) is 5.75 Å². The van der Waals surface area contributed by atoms with E-state index in [1.807, 2.05) is 29.2 Å². The second-order valence-corrected chi connectivity index (χ2v) is 4.74. The molecule has 1 saturated heterocycles. The molecule has 98 valence electrons. The van der Waals surface area contributed by atoms with E-state index in [9.17, 15) is 4.79 Å². The van der Waals surface area contributed by atoms with Crippen LogP contribution in [0.4, 0.5) is 0 Å². The van der Waals surface area contributed by atoms with Gasteiger partial charge in [0.05, 0.1) is 7.11 Å². The maximum atomic E-state index is 11.7. The molecule has 1 amide bonds. The van der Waals surface area contributed by atoms with E-state index in [4.69, 9.17) is 10.5 Å². The van der Waals surface area contributed by atoms with E-state index in [1.54, 1.807) is 7.11 Å². The number of hydrogen-bond acceptors (Lipinski definition) is 3. The van der Waals surface area contributed by atoms with Crippen LogP contribution in [0.2, 0.25) is 0 Å². The number of likely N-dealkylation sites (tertiary alicyclic amines) is 1. The molecule has 1 fully saturated rings. The van der Waals surface area contributed by atoms with Crippen LogP contribution in [0.15, 0.2) is 24.3 Å². The molecule has 0 saturated carbocycles. The van der Waals surface area contributed by atoms with Crippen LogP contribution < -0.4 is 10.5 Å². The Labute approximate surface area is 108 Å². The lowest BCUT2D eigenvalue weighted by atomic mass is 10.0. The van der Waals surface area contributed by atoms with Gasteiger partial charge in [-0.15, -0.1) is 0 Å². The van der Waals surface area contributed by atoms with E-state index in [0.29, 0.717) is 13.0 Å². The Balaban J connectivity index is 1.88. The van der Waals surface area contributed by atoms with Gasteiger partial charge >= 0.3 is 0 Å². The summed E-state index contributed by atoms with van der Waals surface area (Å²) in [5.41, 5.74) is 7.09. The van der Waals surface area contributed by atoms with Crippen LogP contribution in [0.25, 0.3) is 0 Å². The number of benzene rings is 1. The van der Waals surface area contributed by atoms with Gasteiger partial charge in [-0.3, -0.25) is 4.79 Å². The van der Waals surface area contributed by atoms with Gasteiger partial charge in [0.2, 0.25) is 5.91 Å². The smallest absolute Gasteiger partial charge is 0.222 e. The van der Waals surface area contributed by atoms with Gasteiger partial charge in [0, 0.05) is 25.6 Å². The summed E-state index contributed by atoms with van der Waals surface area (Å²) >= 11 is 0. The number of ether oxygens (including phenoxy) is 1. The van der Waals surface area contributed by atoms with Crippen molar-refractivity contribution in [2.45, 2.75) is 25.3 Å². The van der Waals surface area contributed by atoms with E-state index in [0.717, 1.165) is 25.1 Å². The maximum Gasteiger partial charge on any atom is 0.222 e. The molecule has 4 heteroatoms. The van der Waals surface area contributed by atoms with Crippen LogP contribution in [-0.2, 0) is 11.2 Å². The summed E-state index contributed by atoms with van der Waals surface area (Å²) in [5.74, 6) is 1.08. The van der Waals surface area contributed by atoms with Crippen LogP contribution in [0.3, 0.4) is 0 Å². The first kappa shape index (κ1) is 12.9. The monoisotopic (exact) mass is 248 g/mol. The minimum atomic E-state index is 0.138. The average molecular weight is 248 g/mol. The lowest BCUT2D eigenvalue weighted by molar-refractivity contribution is -0.133. The molecule has 0 bridgehead atoms. The van der Waals surface area contributed by atoms with Gasteiger partial charge in [-0.05, 0) is 30.5 Å². The molecule has 1 aromatic rings. The highest BCUT2D eigenvalue weighted by Crippen LogP contribution is 2.14. The Kier molecular flexibility index (Phi) is 4.20. The van der Waals surface area contributed by atoms with E-state index >= 15 is 0 Å². The standard InChI is InChI=1S/C14H20N2O2/c1-18-13-5-2-11(3-6-13)8-9-16-10-12(15)4-7-14(16)17/h2-3,5-6,12H,4,7-10,15H2,1H3. The van der Waals surface area contributed by atoms with Crippen LogP contribution in [0.1, 0.15) is 18.4 Å². The fourth-order valence-electron chi connectivity index (χ4n) is 2.22. The van der Waals surface area contributed by atoms with Crippen molar-refractivity contribution < 1.29 is 9.53 Å². The molecule has 1 aromatic carbocycles. The van der Waals surface area contributed by atoms with Crippen molar-refractivity contribution in [3.63, 3.8) is 0 Å². The fourth-order valence-corrected chi connectivity index (χ4v) is 2.22. The molecule has 1 atom stereocenters. The van der Waals surface area contributed by atoms with Crippen molar-refractivity contribution >= 4 is 5.91 Å². The number of rotatable bonds is 4. The molecule has 2 N–H and O–H groups in total. The quantitative estimate of drug-likeness (QED) is 0.870. The molecular formula is C14H20N2O2. The van der Waals surface area contributed by atoms with Crippen molar-refractivity contribution in [1.82, 2.24) is 4.90 Å². The highest BCUT2D eigenvalue weighted by Gasteiger charge is 2.22. The number of carbonyl (C=O) groups excluding carboxylic acids is 1. The summed E-state index contributed by atoms with van der Waals surface area (Å²) in [6, 6.07) is 8.09. The van der Waals surface area contributed by atoms with Crippen molar-refractivity contribution in [3.05, 3.63) is 29.8 Å². The third kappa shape index (κ3) is 3.23. The Morgan fingerprint density at radius 2 is 2.11 bits per heavy atom. The second-order valence-electron chi connectivity index (χ2n) is 4.74. The number of amides is 1. The number of methoxy groups -OCH3 is 1. The van der Waals surface area contributed by atoms with Crippen LogP contribution in [-0.4, -0.2) is 37.0 Å². The van der Waals surface area contributed by atoms with E-state index in [-0.39, 0.29) is 11.9 Å². The molecule has 0 aliphatic carbocycles. The minimum Gasteiger partial charge on any atom is -0.497 e. The van der Waals surface area contributed by atoms with Crippen LogP contribution in [0.5, 0.6) is 5.75 Å². The SMILES string of the molecule is COc1ccc(CCN2CC(N)CCC2=O)cc1. The van der Waals surface area contributed by atoms with Gasteiger partial charge < -0.3 is 15.4 Å². The van der Waals surface area contributed by atoms with Gasteiger partial charge in [-0.25, -0.2) is 0 Å². The first-order chi connectivity index (χ1) is 8.69. The van der Waals surface area contributed by atoms with E-state index in [2.05, 4.69) is 0 Å². The first-order valence-electron chi connectivity index (χ1n) is 6.35. The molecule has 2 rings (SSSR count). The molecule has 0 spiro atoms. The summed E-state index contributed by atoms with van der Waals surface area (Å²) in [7, 11) is 1.66. The molecule has 0 radical (unpaired) electrons. The van der Waals surface area contributed by atoms with Crippen molar-refractivity contribution in [2.75, 3.05) is 20.2 Å². The van der Waals surface area contributed by atoms with Gasteiger partial charge in [0.15, 0.2) is 0 Å². The molecule has 1 aliphatic heterocycles. The second kappa shape index (κ2) is 5.87. The van der Waals surface area contributed by atoms with Gasteiger partial charge in [0.1, 0.15) is 5.75 Å². The highest BCUT2D eigenvalue weighted by atomic mass is 16.5. The van der Waals surface area contributed by atoms with Crippen LogP contribution in [0, 0.1) is 0 Å². The van der Waals surface area contributed by atoms with Gasteiger partial charge in [0.25, 0.3) is 0 Å². The summed E-state index contributed by atoms with van der Waals surface area (Å²) in [6.07, 6.45) is 2.27. The lowest BCUT2D eigenvalue weighted by Gasteiger charge is -2.30. The Bertz CT molecular complexity index is 403. The third-order valence-corrected chi connectivity index (χ3v) is 3.37. The molecule has 1 unspecified atom stereocenters. The molecule has 1 aliphatic rings. The largest absolute Gasteiger partial charge is 0.497 e. The van der Waals surface area contributed by atoms with Gasteiger partial charge in [-0.2, -0.15) is 0 Å². The topological polar surface area (TPSA) is 55.6 Å². The number of nitrogens with two attached hydrogens (primary N) is 1. The van der Waals surface area contributed by atoms with Gasteiger partial charge in [-0.1, -0.05) is 12.1 Å². The predicted molar refractivity (Wildman–Crippen MR) is 70.5 cm³/mol. The zero-order valence-corrected chi connectivity index (χ0v) is 10.8. The molecule has 1 heterocycles. The maximum absolute atomic E-state index is 11.7. The lowest BCUT2D eigenvalue weighted by Crippen LogP contribution is -2.46. The van der Waals surface area contributed by atoms with Crippen LogP contribution >= 0.6 is 0 Å². The molecular weight excluding hydrogens is 228 g/mol. The molecule has 4 nitrogen and oxygen atoms in total. The Hall–Kier alpha value is -1.55. The minimum absolute atomic E-state index is 0.138. The van der Waals surface area contributed by atoms with Crippen molar-refractivity contribution in [1.29, 1.82) is 0 Å². The zero-order chi connectivity index (χ0) is 13.0. The third-order valence-electron chi connectivity index (χ3n) is 3.37. The Morgan fingerprint density at radius 1 is 1.39 bits per heavy atom.